The predicted octanol–water partition coefficient (Wildman–Crippen LogP) is 0.801. The lowest BCUT2D eigenvalue weighted by Gasteiger charge is -1.86. The van der Waals surface area contributed by atoms with Crippen molar-refractivity contribution in [2.45, 2.75) is 13.8 Å². The summed E-state index contributed by atoms with van der Waals surface area (Å²) in [4.78, 5) is 1.12. The van der Waals surface area contributed by atoms with E-state index in [2.05, 4.69) is 12.6 Å². The Kier molecular flexibility index (Phi) is 2.41. The van der Waals surface area contributed by atoms with Crippen LogP contribution in [-0.4, -0.2) is 7.85 Å². The van der Waals surface area contributed by atoms with Crippen LogP contribution >= 0.6 is 12.6 Å². The first-order chi connectivity index (χ1) is 2.64. The van der Waals surface area contributed by atoms with Gasteiger partial charge in [0.25, 0.3) is 0 Å². The Bertz CT molecular complexity index is 57.6. The molecule has 0 aromatic carbocycles. The molecule has 2 heteroatoms. The van der Waals surface area contributed by atoms with Crippen molar-refractivity contribution in [1.82, 2.24) is 0 Å². The van der Waals surface area contributed by atoms with Gasteiger partial charge in [-0.1, -0.05) is 6.92 Å². The molecule has 0 spiro atoms. The minimum absolute atomic E-state index is 1.12. The second-order valence-corrected chi connectivity index (χ2v) is 2.26. The van der Waals surface area contributed by atoms with Gasteiger partial charge in [-0.05, 0) is 11.8 Å². The van der Waals surface area contributed by atoms with E-state index in [1.165, 1.54) is 5.47 Å². The van der Waals surface area contributed by atoms with E-state index in [0.717, 1.165) is 4.91 Å². The van der Waals surface area contributed by atoms with Gasteiger partial charge in [0.05, 0.1) is 0 Å². The summed E-state index contributed by atoms with van der Waals surface area (Å²) in [5.41, 5.74) is 1.29. The van der Waals surface area contributed by atoms with E-state index < -0.39 is 0 Å². The van der Waals surface area contributed by atoms with Crippen LogP contribution < -0.4 is 0 Å². The maximum atomic E-state index is 4.07. The van der Waals surface area contributed by atoms with Gasteiger partial charge in [-0.15, -0.1) is 18.1 Å². The van der Waals surface area contributed by atoms with Crippen molar-refractivity contribution < 1.29 is 0 Å². The molecule has 0 unspecified atom stereocenters. The number of rotatable bonds is 0. The highest BCUT2D eigenvalue weighted by Gasteiger charge is 1.76. The summed E-state index contributed by atoms with van der Waals surface area (Å²) in [5, 5.41) is 0. The van der Waals surface area contributed by atoms with E-state index in [9.17, 15) is 0 Å². The Morgan fingerprint density at radius 2 is 1.67 bits per heavy atom. The van der Waals surface area contributed by atoms with E-state index >= 15 is 0 Å². The molecule has 0 atom stereocenters. The molecule has 0 amide bonds. The highest BCUT2D eigenvalue weighted by Crippen LogP contribution is 2.00. The summed E-state index contributed by atoms with van der Waals surface area (Å²) in [6.45, 7) is 4.03. The fraction of sp³-hybridized carbons (Fsp3) is 0.500. The fourth-order valence-electron chi connectivity index (χ4n) is 0. The monoisotopic (exact) mass is 100 g/mol. The third-order valence-electron chi connectivity index (χ3n) is 0.724. The Labute approximate surface area is 45.5 Å². The molecule has 0 N–H and O–H groups in total. The normalized spacial score (nSPS) is 13.8. The van der Waals surface area contributed by atoms with Gasteiger partial charge < -0.3 is 0 Å². The van der Waals surface area contributed by atoms with Crippen LogP contribution in [0.25, 0.3) is 0 Å². The summed E-state index contributed by atoms with van der Waals surface area (Å²) in [5.74, 6) is 0. The minimum atomic E-state index is 1.12. The maximum Gasteiger partial charge on any atom is 0.134 e. The summed E-state index contributed by atoms with van der Waals surface area (Å²) < 4.78 is 0. The summed E-state index contributed by atoms with van der Waals surface area (Å²) in [6, 6.07) is 0. The highest BCUT2D eigenvalue weighted by molar-refractivity contribution is 7.84. The lowest BCUT2D eigenvalue weighted by atomic mass is 9.98. The number of hydrogen-bond donors (Lipinski definition) is 1. The number of hydrogen-bond acceptors (Lipinski definition) is 1. The molecule has 0 aliphatic rings. The molecular formula is C4H9BS. The SMILES string of the molecule is B/C(C)=C(\C)S. The van der Waals surface area contributed by atoms with E-state index in [0.29, 0.717) is 0 Å². The van der Waals surface area contributed by atoms with Crippen molar-refractivity contribution in [3.8, 4) is 0 Å². The predicted molar refractivity (Wildman–Crippen MR) is 35.9 cm³/mol. The van der Waals surface area contributed by atoms with E-state index in [1.54, 1.807) is 0 Å². The average Bonchev–Trinajstić information content (AvgIpc) is 1.36. The van der Waals surface area contributed by atoms with Gasteiger partial charge in [-0.2, -0.15) is 0 Å². The van der Waals surface area contributed by atoms with Gasteiger partial charge in [-0.25, -0.2) is 0 Å². The largest absolute Gasteiger partial charge is 0.149 e. The third kappa shape index (κ3) is 2.40. The van der Waals surface area contributed by atoms with Crippen LogP contribution in [0.15, 0.2) is 10.4 Å². The quantitative estimate of drug-likeness (QED) is 0.338. The molecule has 0 heterocycles. The van der Waals surface area contributed by atoms with Crippen LogP contribution in [-0.2, 0) is 0 Å². The Balaban J connectivity index is 3.68. The fourth-order valence-corrected chi connectivity index (χ4v) is 0. The van der Waals surface area contributed by atoms with Gasteiger partial charge in [0.2, 0.25) is 0 Å². The lowest BCUT2D eigenvalue weighted by molar-refractivity contribution is 1.55. The van der Waals surface area contributed by atoms with Crippen molar-refractivity contribution in [2.75, 3.05) is 0 Å². The number of allylic oxidation sites excluding steroid dienone is 2. The van der Waals surface area contributed by atoms with Gasteiger partial charge in [0, 0.05) is 0 Å². The molecule has 0 aliphatic heterocycles. The molecule has 0 aromatic rings. The van der Waals surface area contributed by atoms with Gasteiger partial charge >= 0.3 is 0 Å². The zero-order chi connectivity index (χ0) is 5.15. The molecule has 0 aromatic heterocycles. The standard InChI is InChI=1S/C4H9BS/c1-3(5)4(2)6/h6H,5H2,1-2H3/b4-3+. The van der Waals surface area contributed by atoms with E-state index in [4.69, 9.17) is 0 Å². The van der Waals surface area contributed by atoms with Crippen molar-refractivity contribution in [2.24, 2.45) is 0 Å². The Morgan fingerprint density at radius 1 is 1.50 bits per heavy atom. The smallest absolute Gasteiger partial charge is 0.134 e. The van der Waals surface area contributed by atoms with E-state index in [1.807, 2.05) is 21.7 Å². The van der Waals surface area contributed by atoms with Crippen molar-refractivity contribution >= 4 is 20.5 Å². The van der Waals surface area contributed by atoms with Crippen LogP contribution in [0.3, 0.4) is 0 Å². The topological polar surface area (TPSA) is 0 Å². The molecule has 34 valence electrons. The van der Waals surface area contributed by atoms with E-state index in [-0.39, 0.29) is 0 Å². The van der Waals surface area contributed by atoms with Crippen molar-refractivity contribution in [3.63, 3.8) is 0 Å². The molecule has 0 bridgehead atoms. The van der Waals surface area contributed by atoms with Gasteiger partial charge in [0.15, 0.2) is 0 Å². The first-order valence-electron chi connectivity index (χ1n) is 1.97. The summed E-state index contributed by atoms with van der Waals surface area (Å²) in [7, 11) is 2.04. The molecule has 0 saturated carbocycles. The maximum absolute atomic E-state index is 4.07. The van der Waals surface area contributed by atoms with Crippen molar-refractivity contribution in [3.05, 3.63) is 10.4 Å². The lowest BCUT2D eigenvalue weighted by Crippen LogP contribution is -1.70. The second-order valence-electron chi connectivity index (χ2n) is 1.59. The van der Waals surface area contributed by atoms with Crippen LogP contribution in [0.4, 0.5) is 0 Å². The Morgan fingerprint density at radius 3 is 1.67 bits per heavy atom. The molecule has 0 nitrogen and oxygen atoms in total. The van der Waals surface area contributed by atoms with Crippen LogP contribution in [0, 0.1) is 0 Å². The van der Waals surface area contributed by atoms with Crippen LogP contribution in [0.5, 0.6) is 0 Å². The van der Waals surface area contributed by atoms with Crippen LogP contribution in [0.2, 0.25) is 0 Å². The zero-order valence-corrected chi connectivity index (χ0v) is 5.34. The first kappa shape index (κ1) is 6.15. The molecule has 6 heavy (non-hydrogen) atoms. The molecule has 0 aliphatic carbocycles. The molecule has 0 fully saturated rings. The molecule has 0 saturated heterocycles. The van der Waals surface area contributed by atoms with Crippen molar-refractivity contribution in [1.29, 1.82) is 0 Å². The second kappa shape index (κ2) is 2.35. The number of thiol groups is 1. The molecular weight excluding hydrogens is 90.9 g/mol. The molecule has 0 rings (SSSR count). The molecule has 0 radical (unpaired) electrons. The first-order valence-corrected chi connectivity index (χ1v) is 2.42. The average molecular weight is 100.0 g/mol. The Hall–Kier alpha value is 0.155. The van der Waals surface area contributed by atoms with Crippen LogP contribution in [0.1, 0.15) is 13.8 Å². The summed E-state index contributed by atoms with van der Waals surface area (Å²) in [6.07, 6.45) is 0. The zero-order valence-electron chi connectivity index (χ0n) is 4.45. The van der Waals surface area contributed by atoms with Gasteiger partial charge in [0.1, 0.15) is 7.85 Å². The van der Waals surface area contributed by atoms with Gasteiger partial charge in [-0.3, -0.25) is 0 Å². The highest BCUT2D eigenvalue weighted by atomic mass is 32.1. The minimum Gasteiger partial charge on any atom is -0.149 e. The summed E-state index contributed by atoms with van der Waals surface area (Å²) >= 11 is 4.07. The third-order valence-corrected chi connectivity index (χ3v) is 1.17.